The summed E-state index contributed by atoms with van der Waals surface area (Å²) >= 11 is 0. The van der Waals surface area contributed by atoms with Gasteiger partial charge in [-0.25, -0.2) is 4.79 Å². The van der Waals surface area contributed by atoms with Gasteiger partial charge in [-0.3, -0.25) is 4.79 Å². The van der Waals surface area contributed by atoms with E-state index in [0.717, 1.165) is 12.0 Å². The van der Waals surface area contributed by atoms with Crippen LogP contribution in [0.2, 0.25) is 0 Å². The van der Waals surface area contributed by atoms with Crippen molar-refractivity contribution in [2.45, 2.75) is 52.7 Å². The van der Waals surface area contributed by atoms with Gasteiger partial charge in [0.25, 0.3) is 0 Å². The van der Waals surface area contributed by atoms with Crippen molar-refractivity contribution in [1.82, 2.24) is 4.90 Å². The topological polar surface area (TPSA) is 46.6 Å². The maximum atomic E-state index is 12.4. The summed E-state index contributed by atoms with van der Waals surface area (Å²) in [4.78, 5) is 26.3. The Bertz CT molecular complexity index is 519. The second kappa shape index (κ2) is 6.95. The van der Waals surface area contributed by atoms with E-state index in [1.807, 2.05) is 51.1 Å². The van der Waals surface area contributed by atoms with E-state index in [0.29, 0.717) is 19.4 Å². The van der Waals surface area contributed by atoms with Crippen molar-refractivity contribution in [2.24, 2.45) is 5.41 Å². The van der Waals surface area contributed by atoms with Crippen LogP contribution in [0.15, 0.2) is 30.3 Å². The van der Waals surface area contributed by atoms with Crippen LogP contribution >= 0.6 is 0 Å². The van der Waals surface area contributed by atoms with Crippen molar-refractivity contribution in [2.75, 3.05) is 6.54 Å². The molecule has 120 valence electrons. The number of carbonyl (C=O) groups excluding carboxylic acids is 2. The van der Waals surface area contributed by atoms with E-state index in [4.69, 9.17) is 4.74 Å². The fourth-order valence-corrected chi connectivity index (χ4v) is 2.69. The van der Waals surface area contributed by atoms with Gasteiger partial charge in [-0.15, -0.1) is 0 Å². The van der Waals surface area contributed by atoms with Gasteiger partial charge in [0.1, 0.15) is 12.6 Å². The van der Waals surface area contributed by atoms with E-state index in [-0.39, 0.29) is 23.9 Å². The molecule has 4 heteroatoms. The average Bonchev–Trinajstić information content (AvgIpc) is 2.93. The van der Waals surface area contributed by atoms with Crippen LogP contribution in [0.25, 0.3) is 0 Å². The van der Waals surface area contributed by atoms with Crippen LogP contribution in [0.3, 0.4) is 0 Å². The molecule has 1 heterocycles. The Balaban J connectivity index is 1.92. The van der Waals surface area contributed by atoms with Gasteiger partial charge in [0, 0.05) is 13.0 Å². The van der Waals surface area contributed by atoms with Crippen LogP contribution in [0.5, 0.6) is 0 Å². The Morgan fingerprint density at radius 2 is 1.91 bits per heavy atom. The largest absolute Gasteiger partial charge is 0.459 e. The SMILES string of the molecule is CC(C)(C)CC(=O)N1CCC[C@H]1C(=O)OCc1ccccc1. The fraction of sp³-hybridized carbons (Fsp3) is 0.556. The monoisotopic (exact) mass is 303 g/mol. The molecule has 1 aromatic carbocycles. The van der Waals surface area contributed by atoms with Crippen LogP contribution in [-0.4, -0.2) is 29.4 Å². The number of benzene rings is 1. The van der Waals surface area contributed by atoms with E-state index in [1.54, 1.807) is 4.90 Å². The molecule has 1 aliphatic rings. The maximum absolute atomic E-state index is 12.4. The molecule has 0 saturated carbocycles. The van der Waals surface area contributed by atoms with Crippen molar-refractivity contribution in [3.63, 3.8) is 0 Å². The first-order chi connectivity index (χ1) is 10.4. The molecule has 0 aliphatic carbocycles. The smallest absolute Gasteiger partial charge is 0.329 e. The molecule has 0 N–H and O–H groups in total. The third kappa shape index (κ3) is 4.58. The third-order valence-electron chi connectivity index (χ3n) is 3.75. The van der Waals surface area contributed by atoms with Crippen LogP contribution in [0, 0.1) is 5.41 Å². The molecule has 0 bridgehead atoms. The molecule has 1 aliphatic heterocycles. The second-order valence-corrected chi connectivity index (χ2v) is 7.08. The van der Waals surface area contributed by atoms with Crippen molar-refractivity contribution in [3.8, 4) is 0 Å². The molecule has 0 radical (unpaired) electrons. The molecule has 0 spiro atoms. The van der Waals surface area contributed by atoms with Gasteiger partial charge in [0.2, 0.25) is 5.91 Å². The summed E-state index contributed by atoms with van der Waals surface area (Å²) in [6.45, 7) is 7.01. The summed E-state index contributed by atoms with van der Waals surface area (Å²) < 4.78 is 5.39. The first-order valence-electron chi connectivity index (χ1n) is 7.87. The van der Waals surface area contributed by atoms with Crippen LogP contribution < -0.4 is 0 Å². The second-order valence-electron chi connectivity index (χ2n) is 7.08. The van der Waals surface area contributed by atoms with Gasteiger partial charge >= 0.3 is 5.97 Å². The third-order valence-corrected chi connectivity index (χ3v) is 3.75. The number of nitrogens with zero attached hydrogens (tertiary/aromatic N) is 1. The lowest BCUT2D eigenvalue weighted by Crippen LogP contribution is -2.42. The molecule has 1 saturated heterocycles. The lowest BCUT2D eigenvalue weighted by atomic mass is 9.91. The number of amides is 1. The molecule has 1 atom stereocenters. The number of carbonyl (C=O) groups is 2. The Kier molecular flexibility index (Phi) is 5.22. The van der Waals surface area contributed by atoms with Crippen molar-refractivity contribution >= 4 is 11.9 Å². The van der Waals surface area contributed by atoms with Crippen LogP contribution in [-0.2, 0) is 20.9 Å². The predicted octanol–water partition coefficient (Wildman–Crippen LogP) is 3.16. The van der Waals surface area contributed by atoms with Gasteiger partial charge in [-0.05, 0) is 23.8 Å². The molecule has 22 heavy (non-hydrogen) atoms. The lowest BCUT2D eigenvalue weighted by Gasteiger charge is -2.27. The molecular formula is C18H25NO3. The molecule has 0 unspecified atom stereocenters. The molecule has 1 aromatic rings. The number of ether oxygens (including phenoxy) is 1. The molecule has 2 rings (SSSR count). The Hall–Kier alpha value is -1.84. The first kappa shape index (κ1) is 16.5. The summed E-state index contributed by atoms with van der Waals surface area (Å²) in [6.07, 6.45) is 2.01. The van der Waals surface area contributed by atoms with Crippen LogP contribution in [0.4, 0.5) is 0 Å². The summed E-state index contributed by atoms with van der Waals surface area (Å²) in [5.41, 5.74) is 0.888. The highest BCUT2D eigenvalue weighted by atomic mass is 16.5. The Morgan fingerprint density at radius 1 is 1.23 bits per heavy atom. The number of hydrogen-bond donors (Lipinski definition) is 0. The number of likely N-dealkylation sites (tertiary alicyclic amines) is 1. The number of rotatable bonds is 4. The van der Waals surface area contributed by atoms with E-state index >= 15 is 0 Å². The Labute approximate surface area is 132 Å². The zero-order chi connectivity index (χ0) is 16.2. The summed E-state index contributed by atoms with van der Waals surface area (Å²) in [7, 11) is 0. The van der Waals surface area contributed by atoms with Gasteiger partial charge in [-0.1, -0.05) is 51.1 Å². The van der Waals surface area contributed by atoms with E-state index < -0.39 is 6.04 Å². The normalized spacial score (nSPS) is 18.3. The minimum atomic E-state index is -0.418. The highest BCUT2D eigenvalue weighted by Crippen LogP contribution is 2.25. The fourth-order valence-electron chi connectivity index (χ4n) is 2.69. The summed E-state index contributed by atoms with van der Waals surface area (Å²) in [5, 5.41) is 0. The summed E-state index contributed by atoms with van der Waals surface area (Å²) in [5.74, 6) is -0.240. The predicted molar refractivity (Wildman–Crippen MR) is 85.0 cm³/mol. The number of esters is 1. The van der Waals surface area contributed by atoms with Crippen molar-refractivity contribution < 1.29 is 14.3 Å². The minimum absolute atomic E-state index is 0.0478. The summed E-state index contributed by atoms with van der Waals surface area (Å²) in [6, 6.07) is 9.18. The van der Waals surface area contributed by atoms with Crippen molar-refractivity contribution in [1.29, 1.82) is 0 Å². The van der Waals surface area contributed by atoms with E-state index in [9.17, 15) is 9.59 Å². The zero-order valence-electron chi connectivity index (χ0n) is 13.7. The first-order valence-corrected chi connectivity index (χ1v) is 7.87. The average molecular weight is 303 g/mol. The highest BCUT2D eigenvalue weighted by Gasteiger charge is 2.36. The van der Waals surface area contributed by atoms with Gasteiger partial charge < -0.3 is 9.64 Å². The zero-order valence-corrected chi connectivity index (χ0v) is 13.7. The molecule has 1 fully saturated rings. The Morgan fingerprint density at radius 3 is 2.55 bits per heavy atom. The molecule has 4 nitrogen and oxygen atoms in total. The quantitative estimate of drug-likeness (QED) is 0.803. The number of hydrogen-bond acceptors (Lipinski definition) is 3. The lowest BCUT2D eigenvalue weighted by molar-refractivity contribution is -0.155. The van der Waals surface area contributed by atoms with Gasteiger partial charge in [0.05, 0.1) is 0 Å². The van der Waals surface area contributed by atoms with Crippen LogP contribution in [0.1, 0.15) is 45.6 Å². The standard InChI is InChI=1S/C18H25NO3/c1-18(2,3)12-16(20)19-11-7-10-15(19)17(21)22-13-14-8-5-4-6-9-14/h4-6,8-9,15H,7,10-13H2,1-3H3/t15-/m0/s1. The molecular weight excluding hydrogens is 278 g/mol. The van der Waals surface area contributed by atoms with Gasteiger partial charge in [-0.2, -0.15) is 0 Å². The molecule has 1 amide bonds. The van der Waals surface area contributed by atoms with Gasteiger partial charge in [0.15, 0.2) is 0 Å². The maximum Gasteiger partial charge on any atom is 0.329 e. The van der Waals surface area contributed by atoms with Crippen molar-refractivity contribution in [3.05, 3.63) is 35.9 Å². The van der Waals surface area contributed by atoms with E-state index in [2.05, 4.69) is 0 Å². The molecule has 0 aromatic heterocycles. The minimum Gasteiger partial charge on any atom is -0.459 e. The van der Waals surface area contributed by atoms with E-state index in [1.165, 1.54) is 0 Å². The highest BCUT2D eigenvalue weighted by molar-refractivity contribution is 5.85.